The fourth-order valence-electron chi connectivity index (χ4n) is 3.76. The molecule has 2 amide bonds. The van der Waals surface area contributed by atoms with Gasteiger partial charge in [-0.05, 0) is 19.8 Å². The lowest BCUT2D eigenvalue weighted by atomic mass is 10.0. The second-order valence-electron chi connectivity index (χ2n) is 9.33. The molecule has 0 radical (unpaired) electrons. The number of nitrogens with one attached hydrogen (secondary N) is 1. The van der Waals surface area contributed by atoms with Crippen molar-refractivity contribution in [2.24, 2.45) is 11.5 Å². The molecule has 2 unspecified atom stereocenters. The number of primary amides is 1. The van der Waals surface area contributed by atoms with E-state index in [1.165, 1.54) is 90.4 Å². The molecule has 33 heavy (non-hydrogen) atoms. The predicted molar refractivity (Wildman–Crippen MR) is 135 cm³/mol. The summed E-state index contributed by atoms with van der Waals surface area (Å²) in [5, 5.41) is 2.53. The maximum absolute atomic E-state index is 12.2. The van der Waals surface area contributed by atoms with Crippen LogP contribution in [0.15, 0.2) is 0 Å². The minimum absolute atomic E-state index is 0.00194. The van der Waals surface area contributed by atoms with Crippen LogP contribution >= 0.6 is 0 Å². The number of esters is 1. The lowest BCUT2D eigenvalue weighted by molar-refractivity contribution is -0.148. The van der Waals surface area contributed by atoms with Gasteiger partial charge in [0.25, 0.3) is 0 Å². The van der Waals surface area contributed by atoms with E-state index < -0.39 is 29.9 Å². The fraction of sp³-hybridized carbons (Fsp3) is 0.885. The quantitative estimate of drug-likeness (QED) is 0.145. The molecule has 0 spiro atoms. The average molecular weight is 470 g/mol. The van der Waals surface area contributed by atoms with Crippen molar-refractivity contribution in [2.75, 3.05) is 6.61 Å². The van der Waals surface area contributed by atoms with Crippen molar-refractivity contribution in [2.45, 2.75) is 142 Å². The molecule has 7 nitrogen and oxygen atoms in total. The normalized spacial score (nSPS) is 12.8. The van der Waals surface area contributed by atoms with Gasteiger partial charge in [-0.3, -0.25) is 9.59 Å². The highest BCUT2D eigenvalue weighted by Gasteiger charge is 2.24. The van der Waals surface area contributed by atoms with Gasteiger partial charge in [0.15, 0.2) is 0 Å². The molecule has 0 bridgehead atoms. The zero-order valence-corrected chi connectivity index (χ0v) is 21.4. The van der Waals surface area contributed by atoms with Crippen molar-refractivity contribution in [3.05, 3.63) is 0 Å². The highest BCUT2D eigenvalue weighted by atomic mass is 16.5. The highest BCUT2D eigenvalue weighted by Crippen LogP contribution is 2.13. The van der Waals surface area contributed by atoms with Crippen molar-refractivity contribution >= 4 is 17.8 Å². The van der Waals surface area contributed by atoms with E-state index in [9.17, 15) is 14.4 Å². The van der Waals surface area contributed by atoms with E-state index in [2.05, 4.69) is 12.2 Å². The molecular formula is C26H51N3O4. The Morgan fingerprint density at radius 2 is 1.18 bits per heavy atom. The molecular weight excluding hydrogens is 418 g/mol. The number of unbranched alkanes of at least 4 members (excludes halogenated alkanes) is 15. The van der Waals surface area contributed by atoms with Crippen LogP contribution in [0.2, 0.25) is 0 Å². The summed E-state index contributed by atoms with van der Waals surface area (Å²) in [6.45, 7) is 4.11. The highest BCUT2D eigenvalue weighted by molar-refractivity contribution is 5.87. The molecule has 0 aromatic carbocycles. The van der Waals surface area contributed by atoms with E-state index in [-0.39, 0.29) is 12.8 Å². The van der Waals surface area contributed by atoms with Gasteiger partial charge in [0.05, 0.1) is 12.6 Å². The maximum Gasteiger partial charge on any atom is 0.328 e. The Balaban J connectivity index is 3.64. The summed E-state index contributed by atoms with van der Waals surface area (Å²) in [6.07, 6.45) is 20.7. The predicted octanol–water partition coefficient (Wildman–Crippen LogP) is 4.89. The van der Waals surface area contributed by atoms with Gasteiger partial charge >= 0.3 is 5.97 Å². The van der Waals surface area contributed by atoms with Gasteiger partial charge in [0, 0.05) is 6.42 Å². The Kier molecular flexibility index (Phi) is 21.1. The van der Waals surface area contributed by atoms with E-state index >= 15 is 0 Å². The van der Waals surface area contributed by atoms with Gasteiger partial charge in [-0.25, -0.2) is 4.79 Å². The third kappa shape index (κ3) is 20.7. The molecule has 7 heteroatoms. The molecule has 5 N–H and O–H groups in total. The number of nitrogens with two attached hydrogens (primary N) is 2. The van der Waals surface area contributed by atoms with Crippen LogP contribution < -0.4 is 16.8 Å². The molecule has 0 heterocycles. The maximum atomic E-state index is 12.2. The first-order chi connectivity index (χ1) is 15.9. The summed E-state index contributed by atoms with van der Waals surface area (Å²) in [5.41, 5.74) is 10.7. The van der Waals surface area contributed by atoms with Gasteiger partial charge < -0.3 is 21.5 Å². The van der Waals surface area contributed by atoms with E-state index in [0.29, 0.717) is 6.61 Å². The summed E-state index contributed by atoms with van der Waals surface area (Å²) in [5.74, 6) is -1.52. The first-order valence-corrected chi connectivity index (χ1v) is 13.4. The largest absolute Gasteiger partial charge is 0.464 e. The van der Waals surface area contributed by atoms with Gasteiger partial charge in [-0.1, -0.05) is 103 Å². The summed E-state index contributed by atoms with van der Waals surface area (Å²) >= 11 is 0. The van der Waals surface area contributed by atoms with E-state index in [1.807, 2.05) is 0 Å². The van der Waals surface area contributed by atoms with E-state index in [1.54, 1.807) is 0 Å². The molecule has 0 aromatic heterocycles. The second-order valence-corrected chi connectivity index (χ2v) is 9.33. The van der Waals surface area contributed by atoms with Crippen molar-refractivity contribution in [1.82, 2.24) is 5.32 Å². The Morgan fingerprint density at radius 3 is 1.58 bits per heavy atom. The van der Waals surface area contributed by atoms with Crippen LogP contribution in [0, 0.1) is 0 Å². The Labute approximate surface area is 202 Å². The number of carbonyl (C=O) groups is 3. The monoisotopic (exact) mass is 469 g/mol. The fourth-order valence-corrected chi connectivity index (χ4v) is 3.76. The van der Waals surface area contributed by atoms with Crippen LogP contribution in [-0.2, 0) is 19.1 Å². The Hall–Kier alpha value is -1.63. The lowest BCUT2D eigenvalue weighted by Gasteiger charge is -2.18. The minimum atomic E-state index is -0.892. The molecule has 0 saturated carbocycles. The number of amides is 2. The van der Waals surface area contributed by atoms with Crippen LogP contribution in [0.3, 0.4) is 0 Å². The number of hydrogen-bond acceptors (Lipinski definition) is 5. The summed E-state index contributed by atoms with van der Waals surface area (Å²) in [6, 6.07) is -1.63. The smallest absolute Gasteiger partial charge is 0.328 e. The Bertz CT molecular complexity index is 512. The first-order valence-electron chi connectivity index (χ1n) is 13.4. The SMILES string of the molecule is CCCCCCCCCCCCCCCCCCOC(=O)C(CCC(N)=O)NC(=O)C(C)N. The number of carbonyl (C=O) groups excluding carboxylic acids is 3. The molecule has 0 fully saturated rings. The molecule has 0 saturated heterocycles. The molecule has 0 rings (SSSR count). The summed E-state index contributed by atoms with van der Waals surface area (Å²) in [7, 11) is 0. The lowest BCUT2D eigenvalue weighted by Crippen LogP contribution is -2.48. The number of ether oxygens (including phenoxy) is 1. The number of rotatable bonds is 23. The average Bonchev–Trinajstić information content (AvgIpc) is 2.78. The molecule has 0 aliphatic heterocycles. The van der Waals surface area contributed by atoms with E-state index in [0.717, 1.165) is 19.3 Å². The van der Waals surface area contributed by atoms with Gasteiger partial charge in [-0.2, -0.15) is 0 Å². The molecule has 2 atom stereocenters. The topological polar surface area (TPSA) is 125 Å². The number of hydrogen-bond donors (Lipinski definition) is 3. The van der Waals surface area contributed by atoms with E-state index in [4.69, 9.17) is 16.2 Å². The molecule has 0 aliphatic rings. The van der Waals surface area contributed by atoms with Crippen molar-refractivity contribution in [1.29, 1.82) is 0 Å². The van der Waals surface area contributed by atoms with Crippen molar-refractivity contribution in [3.63, 3.8) is 0 Å². The van der Waals surface area contributed by atoms with Crippen LogP contribution in [0.25, 0.3) is 0 Å². The van der Waals surface area contributed by atoms with Crippen LogP contribution in [0.5, 0.6) is 0 Å². The summed E-state index contributed by atoms with van der Waals surface area (Å²) in [4.78, 5) is 35.0. The van der Waals surface area contributed by atoms with Crippen molar-refractivity contribution < 1.29 is 19.1 Å². The molecule has 0 aromatic rings. The molecule has 194 valence electrons. The van der Waals surface area contributed by atoms with Crippen LogP contribution in [0.4, 0.5) is 0 Å². The standard InChI is InChI=1S/C26H51N3O4/c1-3-4-5-6-7-8-9-10-11-12-13-14-15-16-17-18-21-33-26(32)23(19-20-24(28)30)29-25(31)22(2)27/h22-23H,3-21,27H2,1-2H3,(H2,28,30)(H,29,31). The first kappa shape index (κ1) is 31.4. The third-order valence-electron chi connectivity index (χ3n) is 5.94. The third-order valence-corrected chi connectivity index (χ3v) is 5.94. The zero-order valence-electron chi connectivity index (χ0n) is 21.4. The van der Waals surface area contributed by atoms with Gasteiger partial charge in [0.1, 0.15) is 6.04 Å². The Morgan fingerprint density at radius 1 is 0.758 bits per heavy atom. The second kappa shape index (κ2) is 22.2. The van der Waals surface area contributed by atoms with Gasteiger partial charge in [0.2, 0.25) is 11.8 Å². The van der Waals surface area contributed by atoms with Crippen molar-refractivity contribution in [3.8, 4) is 0 Å². The zero-order chi connectivity index (χ0) is 24.7. The van der Waals surface area contributed by atoms with Gasteiger partial charge in [-0.15, -0.1) is 0 Å². The minimum Gasteiger partial charge on any atom is -0.464 e. The van der Waals surface area contributed by atoms with Crippen LogP contribution in [0.1, 0.15) is 129 Å². The summed E-state index contributed by atoms with van der Waals surface area (Å²) < 4.78 is 5.29. The molecule has 0 aliphatic carbocycles. The van der Waals surface area contributed by atoms with Crippen LogP contribution in [-0.4, -0.2) is 36.5 Å².